The van der Waals surface area contributed by atoms with Crippen LogP contribution in [0.25, 0.3) is 0 Å². The number of ether oxygens (including phenoxy) is 2. The predicted molar refractivity (Wildman–Crippen MR) is 97.4 cm³/mol. The van der Waals surface area contributed by atoms with Crippen LogP contribution in [0.4, 0.5) is 0 Å². The number of hydrogen-bond acceptors (Lipinski definition) is 2. The minimum Gasteiger partial charge on any atom is -0.350 e. The van der Waals surface area contributed by atoms with E-state index < -0.39 is 0 Å². The smallest absolute Gasteiger partial charge is 0.168 e. The van der Waals surface area contributed by atoms with Gasteiger partial charge in [-0.25, -0.2) is 0 Å². The van der Waals surface area contributed by atoms with E-state index in [1.54, 1.807) is 0 Å². The van der Waals surface area contributed by atoms with Crippen LogP contribution < -0.4 is 0 Å². The summed E-state index contributed by atoms with van der Waals surface area (Å²) in [7, 11) is 0. The molecule has 0 radical (unpaired) electrons. The monoisotopic (exact) mass is 314 g/mol. The maximum atomic E-state index is 6.32. The molecule has 0 aliphatic carbocycles. The lowest BCUT2D eigenvalue weighted by atomic mass is 9.99. The third kappa shape index (κ3) is 11.5. The average molecular weight is 315 g/mol. The van der Waals surface area contributed by atoms with Gasteiger partial charge in [0, 0.05) is 12.8 Å². The molecule has 0 rings (SSSR count). The highest BCUT2D eigenvalue weighted by Crippen LogP contribution is 2.29. The number of hydrogen-bond donors (Lipinski definition) is 0. The van der Waals surface area contributed by atoms with Gasteiger partial charge in [-0.2, -0.15) is 0 Å². The van der Waals surface area contributed by atoms with Crippen LogP contribution in [0.5, 0.6) is 0 Å². The van der Waals surface area contributed by atoms with E-state index in [2.05, 4.69) is 27.7 Å². The largest absolute Gasteiger partial charge is 0.350 e. The zero-order valence-electron chi connectivity index (χ0n) is 15.9. The molecule has 0 fully saturated rings. The zero-order chi connectivity index (χ0) is 16.5. The van der Waals surface area contributed by atoms with E-state index in [1.807, 2.05) is 0 Å². The molecule has 0 spiro atoms. The van der Waals surface area contributed by atoms with Crippen molar-refractivity contribution in [2.45, 2.75) is 117 Å². The van der Waals surface area contributed by atoms with Gasteiger partial charge in [0.15, 0.2) is 5.79 Å². The van der Waals surface area contributed by atoms with Crippen LogP contribution in [0.3, 0.4) is 0 Å². The molecule has 0 aliphatic rings. The number of unbranched alkanes of at least 4 members (excludes halogenated alkanes) is 7. The van der Waals surface area contributed by atoms with E-state index in [-0.39, 0.29) is 5.79 Å². The molecule has 22 heavy (non-hydrogen) atoms. The van der Waals surface area contributed by atoms with Crippen LogP contribution in [-0.4, -0.2) is 19.0 Å². The quantitative estimate of drug-likeness (QED) is 0.215. The Kier molecular flexibility index (Phi) is 15.7. The van der Waals surface area contributed by atoms with E-state index >= 15 is 0 Å². The van der Waals surface area contributed by atoms with Gasteiger partial charge in [0.25, 0.3) is 0 Å². The summed E-state index contributed by atoms with van der Waals surface area (Å²) in [6.07, 6.45) is 15.7. The van der Waals surface area contributed by atoms with Crippen molar-refractivity contribution in [3.63, 3.8) is 0 Å². The standard InChI is InChI=1S/C20H42O2/c1-5-9-13-15-17-20(16-14-10-6-2,21-18-11-7-3)22-19-12-8-4/h5-19H2,1-4H3. The fraction of sp³-hybridized carbons (Fsp3) is 1.00. The second kappa shape index (κ2) is 15.8. The summed E-state index contributed by atoms with van der Waals surface area (Å²) in [6, 6.07) is 0. The molecule has 0 aromatic heterocycles. The van der Waals surface area contributed by atoms with Gasteiger partial charge in [0.05, 0.1) is 13.2 Å². The Morgan fingerprint density at radius 2 is 0.909 bits per heavy atom. The lowest BCUT2D eigenvalue weighted by Crippen LogP contribution is -2.37. The van der Waals surface area contributed by atoms with Gasteiger partial charge in [-0.05, 0) is 25.7 Å². The van der Waals surface area contributed by atoms with Gasteiger partial charge in [0.1, 0.15) is 0 Å². The summed E-state index contributed by atoms with van der Waals surface area (Å²) in [4.78, 5) is 0. The van der Waals surface area contributed by atoms with E-state index in [9.17, 15) is 0 Å². The van der Waals surface area contributed by atoms with Crippen LogP contribution in [-0.2, 0) is 9.47 Å². The molecule has 0 aromatic rings. The Morgan fingerprint density at radius 3 is 1.36 bits per heavy atom. The van der Waals surface area contributed by atoms with E-state index in [4.69, 9.17) is 9.47 Å². The Labute approximate surface area is 140 Å². The minimum atomic E-state index is -0.298. The molecule has 0 saturated heterocycles. The van der Waals surface area contributed by atoms with Crippen molar-refractivity contribution in [2.75, 3.05) is 13.2 Å². The summed E-state index contributed by atoms with van der Waals surface area (Å²) in [6.45, 7) is 10.7. The van der Waals surface area contributed by atoms with Gasteiger partial charge in [-0.15, -0.1) is 0 Å². The molecule has 0 N–H and O–H groups in total. The zero-order valence-corrected chi connectivity index (χ0v) is 15.9. The summed E-state index contributed by atoms with van der Waals surface area (Å²) in [5, 5.41) is 0. The Bertz CT molecular complexity index is 189. The van der Waals surface area contributed by atoms with Crippen molar-refractivity contribution < 1.29 is 9.47 Å². The molecule has 0 atom stereocenters. The van der Waals surface area contributed by atoms with Crippen molar-refractivity contribution in [1.29, 1.82) is 0 Å². The molecule has 0 bridgehead atoms. The summed E-state index contributed by atoms with van der Waals surface area (Å²) >= 11 is 0. The van der Waals surface area contributed by atoms with Gasteiger partial charge in [0.2, 0.25) is 0 Å². The van der Waals surface area contributed by atoms with Crippen molar-refractivity contribution in [2.24, 2.45) is 0 Å². The predicted octanol–water partition coefficient (Wildman–Crippen LogP) is 6.87. The van der Waals surface area contributed by atoms with Gasteiger partial charge in [-0.3, -0.25) is 0 Å². The summed E-state index contributed by atoms with van der Waals surface area (Å²) < 4.78 is 12.6. The molecule has 0 aliphatic heterocycles. The molecule has 0 unspecified atom stereocenters. The average Bonchev–Trinajstić information content (AvgIpc) is 2.52. The second-order valence-electron chi connectivity index (χ2n) is 6.58. The first kappa shape index (κ1) is 21.9. The first-order valence-electron chi connectivity index (χ1n) is 10.0. The molecular weight excluding hydrogens is 272 g/mol. The van der Waals surface area contributed by atoms with Crippen LogP contribution >= 0.6 is 0 Å². The van der Waals surface area contributed by atoms with E-state index in [0.717, 1.165) is 38.9 Å². The topological polar surface area (TPSA) is 18.5 Å². The molecule has 2 heteroatoms. The lowest BCUT2D eigenvalue weighted by molar-refractivity contribution is -0.247. The Morgan fingerprint density at radius 1 is 0.500 bits per heavy atom. The van der Waals surface area contributed by atoms with Crippen molar-refractivity contribution >= 4 is 0 Å². The third-order valence-electron chi connectivity index (χ3n) is 4.30. The van der Waals surface area contributed by atoms with E-state index in [1.165, 1.54) is 57.8 Å². The van der Waals surface area contributed by atoms with Crippen LogP contribution in [0, 0.1) is 0 Å². The fourth-order valence-corrected chi connectivity index (χ4v) is 2.73. The first-order chi connectivity index (χ1) is 10.7. The summed E-state index contributed by atoms with van der Waals surface area (Å²) in [5.74, 6) is -0.298. The molecule has 0 amide bonds. The highest BCUT2D eigenvalue weighted by molar-refractivity contribution is 4.71. The molecular formula is C20H42O2. The first-order valence-corrected chi connectivity index (χ1v) is 10.0. The normalized spacial score (nSPS) is 12.0. The Hall–Kier alpha value is -0.0800. The highest BCUT2D eigenvalue weighted by atomic mass is 16.7. The summed E-state index contributed by atoms with van der Waals surface area (Å²) in [5.41, 5.74) is 0. The SMILES string of the molecule is CCCCCCC(CCCCC)(OCCCC)OCCCC. The fourth-order valence-electron chi connectivity index (χ4n) is 2.73. The Balaban J connectivity index is 4.53. The van der Waals surface area contributed by atoms with Crippen molar-refractivity contribution in [3.8, 4) is 0 Å². The van der Waals surface area contributed by atoms with Crippen LogP contribution in [0.15, 0.2) is 0 Å². The minimum absolute atomic E-state index is 0.298. The molecule has 134 valence electrons. The molecule has 2 nitrogen and oxygen atoms in total. The third-order valence-corrected chi connectivity index (χ3v) is 4.30. The van der Waals surface area contributed by atoms with Crippen molar-refractivity contribution in [3.05, 3.63) is 0 Å². The van der Waals surface area contributed by atoms with Gasteiger partial charge < -0.3 is 9.47 Å². The highest BCUT2D eigenvalue weighted by Gasteiger charge is 2.30. The van der Waals surface area contributed by atoms with E-state index in [0.29, 0.717) is 0 Å². The van der Waals surface area contributed by atoms with Crippen LogP contribution in [0.2, 0.25) is 0 Å². The second-order valence-corrected chi connectivity index (χ2v) is 6.58. The van der Waals surface area contributed by atoms with Crippen molar-refractivity contribution in [1.82, 2.24) is 0 Å². The maximum absolute atomic E-state index is 6.32. The van der Waals surface area contributed by atoms with Gasteiger partial charge in [-0.1, -0.05) is 72.6 Å². The van der Waals surface area contributed by atoms with Crippen LogP contribution in [0.1, 0.15) is 111 Å². The van der Waals surface area contributed by atoms with Gasteiger partial charge >= 0.3 is 0 Å². The lowest BCUT2D eigenvalue weighted by Gasteiger charge is -2.34. The molecule has 0 aromatic carbocycles. The number of rotatable bonds is 17. The maximum Gasteiger partial charge on any atom is 0.168 e. The molecule has 0 saturated carbocycles. The molecule has 0 heterocycles.